The van der Waals surface area contributed by atoms with Gasteiger partial charge in [0, 0.05) is 17.8 Å². The molecule has 0 aliphatic carbocycles. The Hall–Kier alpha value is -2.04. The highest BCUT2D eigenvalue weighted by atomic mass is 16.5. The number of carbonyl (C=O) groups excluding carboxylic acids is 2. The number of hydrogen-bond acceptors (Lipinski definition) is 4. The number of rotatable bonds is 5. The molecule has 1 amide bonds. The Morgan fingerprint density at radius 2 is 2.11 bits per heavy atom. The fourth-order valence-corrected chi connectivity index (χ4v) is 1.50. The lowest BCUT2D eigenvalue weighted by molar-refractivity contribution is -0.141. The van der Waals surface area contributed by atoms with Crippen molar-refractivity contribution in [3.05, 3.63) is 29.8 Å². The highest BCUT2D eigenvalue weighted by Gasteiger charge is 2.13. The quantitative estimate of drug-likeness (QED) is 0.775. The Labute approximate surface area is 107 Å². The van der Waals surface area contributed by atoms with Gasteiger partial charge in [-0.1, -0.05) is 6.07 Å². The summed E-state index contributed by atoms with van der Waals surface area (Å²) in [5, 5.41) is 5.69. The van der Waals surface area contributed by atoms with E-state index in [0.717, 1.165) is 0 Å². The highest BCUT2D eigenvalue weighted by molar-refractivity contribution is 5.95. The van der Waals surface area contributed by atoms with E-state index in [1.54, 1.807) is 31.2 Å². The van der Waals surface area contributed by atoms with E-state index in [4.69, 9.17) is 0 Å². The van der Waals surface area contributed by atoms with Gasteiger partial charge in [-0.3, -0.25) is 4.79 Å². The van der Waals surface area contributed by atoms with Crippen LogP contribution in [-0.4, -0.2) is 31.6 Å². The summed E-state index contributed by atoms with van der Waals surface area (Å²) in [6, 6.07) is 6.52. The third-order valence-corrected chi connectivity index (χ3v) is 2.40. The maximum absolute atomic E-state index is 11.6. The van der Waals surface area contributed by atoms with Crippen LogP contribution in [0.15, 0.2) is 24.3 Å². The molecule has 98 valence electrons. The monoisotopic (exact) mass is 250 g/mol. The first-order chi connectivity index (χ1) is 8.58. The van der Waals surface area contributed by atoms with Gasteiger partial charge in [-0.05, 0) is 32.0 Å². The SMILES string of the molecule is CCNC(=O)c1cccc(NC(C)C(=O)OC)c1. The van der Waals surface area contributed by atoms with Gasteiger partial charge >= 0.3 is 5.97 Å². The second kappa shape index (κ2) is 6.64. The first kappa shape index (κ1) is 14.0. The van der Waals surface area contributed by atoms with E-state index < -0.39 is 6.04 Å². The molecule has 18 heavy (non-hydrogen) atoms. The van der Waals surface area contributed by atoms with E-state index >= 15 is 0 Å². The molecule has 0 heterocycles. The Morgan fingerprint density at radius 3 is 2.72 bits per heavy atom. The van der Waals surface area contributed by atoms with Gasteiger partial charge in [0.15, 0.2) is 0 Å². The van der Waals surface area contributed by atoms with Gasteiger partial charge in [-0.25, -0.2) is 4.79 Å². The first-order valence-corrected chi connectivity index (χ1v) is 5.81. The van der Waals surface area contributed by atoms with Gasteiger partial charge in [0.2, 0.25) is 0 Å². The van der Waals surface area contributed by atoms with Crippen molar-refractivity contribution in [2.24, 2.45) is 0 Å². The fourth-order valence-electron chi connectivity index (χ4n) is 1.50. The number of carbonyl (C=O) groups is 2. The van der Waals surface area contributed by atoms with E-state index in [0.29, 0.717) is 17.8 Å². The van der Waals surface area contributed by atoms with Gasteiger partial charge in [-0.15, -0.1) is 0 Å². The molecule has 1 aromatic rings. The van der Waals surface area contributed by atoms with Crippen LogP contribution in [0.3, 0.4) is 0 Å². The lowest BCUT2D eigenvalue weighted by Gasteiger charge is -2.13. The maximum atomic E-state index is 11.6. The predicted octanol–water partition coefficient (Wildman–Crippen LogP) is 1.41. The van der Waals surface area contributed by atoms with Gasteiger partial charge in [0.05, 0.1) is 7.11 Å². The van der Waals surface area contributed by atoms with Crippen molar-refractivity contribution in [3.8, 4) is 0 Å². The lowest BCUT2D eigenvalue weighted by Crippen LogP contribution is -2.27. The molecule has 1 unspecified atom stereocenters. The van der Waals surface area contributed by atoms with Crippen molar-refractivity contribution < 1.29 is 14.3 Å². The molecule has 0 aliphatic heterocycles. The molecule has 0 saturated heterocycles. The van der Waals surface area contributed by atoms with Crippen molar-refractivity contribution in [1.82, 2.24) is 5.32 Å². The van der Waals surface area contributed by atoms with Crippen molar-refractivity contribution in [2.75, 3.05) is 19.0 Å². The summed E-state index contributed by atoms with van der Waals surface area (Å²) in [6.07, 6.45) is 0. The standard InChI is InChI=1S/C13H18N2O3/c1-4-14-12(16)10-6-5-7-11(8-10)15-9(2)13(17)18-3/h5-9,15H,4H2,1-3H3,(H,14,16). The van der Waals surface area contributed by atoms with Crippen LogP contribution in [0.25, 0.3) is 0 Å². The molecule has 5 nitrogen and oxygen atoms in total. The van der Waals surface area contributed by atoms with Crippen molar-refractivity contribution in [3.63, 3.8) is 0 Å². The number of amides is 1. The predicted molar refractivity (Wildman–Crippen MR) is 69.5 cm³/mol. The number of anilines is 1. The minimum Gasteiger partial charge on any atom is -0.467 e. The second-order valence-electron chi connectivity index (χ2n) is 3.83. The summed E-state index contributed by atoms with van der Waals surface area (Å²) >= 11 is 0. The molecule has 0 aliphatic rings. The van der Waals surface area contributed by atoms with Crippen LogP contribution in [-0.2, 0) is 9.53 Å². The minimum absolute atomic E-state index is 0.133. The molecular weight excluding hydrogens is 232 g/mol. The topological polar surface area (TPSA) is 67.4 Å². The maximum Gasteiger partial charge on any atom is 0.327 e. The smallest absolute Gasteiger partial charge is 0.327 e. The number of ether oxygens (including phenoxy) is 1. The molecule has 2 N–H and O–H groups in total. The van der Waals surface area contributed by atoms with E-state index in [9.17, 15) is 9.59 Å². The molecule has 1 atom stereocenters. The van der Waals surface area contributed by atoms with Crippen LogP contribution in [0.4, 0.5) is 5.69 Å². The van der Waals surface area contributed by atoms with Crippen LogP contribution >= 0.6 is 0 Å². The van der Waals surface area contributed by atoms with Crippen molar-refractivity contribution >= 4 is 17.6 Å². The van der Waals surface area contributed by atoms with Crippen LogP contribution in [0, 0.1) is 0 Å². The zero-order valence-corrected chi connectivity index (χ0v) is 10.8. The molecule has 0 saturated carbocycles. The number of hydrogen-bond donors (Lipinski definition) is 2. The molecule has 1 rings (SSSR count). The normalized spacial score (nSPS) is 11.5. The summed E-state index contributed by atoms with van der Waals surface area (Å²) in [4.78, 5) is 22.9. The third kappa shape index (κ3) is 3.76. The minimum atomic E-state index is -0.459. The molecule has 1 aromatic carbocycles. The lowest BCUT2D eigenvalue weighted by atomic mass is 10.1. The molecule has 0 fully saturated rings. The van der Waals surface area contributed by atoms with Crippen LogP contribution in [0.5, 0.6) is 0 Å². The second-order valence-corrected chi connectivity index (χ2v) is 3.83. The average molecular weight is 250 g/mol. The Kier molecular flexibility index (Phi) is 5.17. The van der Waals surface area contributed by atoms with Gasteiger partial charge < -0.3 is 15.4 Å². The molecular formula is C13H18N2O3. The highest BCUT2D eigenvalue weighted by Crippen LogP contribution is 2.12. The number of nitrogens with one attached hydrogen (secondary N) is 2. The number of benzene rings is 1. The molecule has 0 radical (unpaired) electrons. The summed E-state index contributed by atoms with van der Waals surface area (Å²) in [6.45, 7) is 4.14. The molecule has 0 bridgehead atoms. The Morgan fingerprint density at radius 1 is 1.39 bits per heavy atom. The van der Waals surface area contributed by atoms with Gasteiger partial charge in [0.1, 0.15) is 6.04 Å². The Bertz CT molecular complexity index is 432. The van der Waals surface area contributed by atoms with Crippen LogP contribution in [0.2, 0.25) is 0 Å². The van der Waals surface area contributed by atoms with E-state index in [1.807, 2.05) is 6.92 Å². The van der Waals surface area contributed by atoms with Gasteiger partial charge in [-0.2, -0.15) is 0 Å². The molecule has 0 aromatic heterocycles. The average Bonchev–Trinajstić information content (AvgIpc) is 2.38. The number of methoxy groups -OCH3 is 1. The summed E-state index contributed by atoms with van der Waals surface area (Å²) in [5.74, 6) is -0.481. The fraction of sp³-hybridized carbons (Fsp3) is 0.385. The number of esters is 1. The summed E-state index contributed by atoms with van der Waals surface area (Å²) in [5.41, 5.74) is 1.26. The van der Waals surface area contributed by atoms with E-state index in [1.165, 1.54) is 7.11 Å². The van der Waals surface area contributed by atoms with Gasteiger partial charge in [0.25, 0.3) is 5.91 Å². The van der Waals surface area contributed by atoms with Crippen LogP contribution in [0.1, 0.15) is 24.2 Å². The largest absolute Gasteiger partial charge is 0.467 e. The van der Waals surface area contributed by atoms with E-state index in [-0.39, 0.29) is 11.9 Å². The van der Waals surface area contributed by atoms with Crippen LogP contribution < -0.4 is 10.6 Å². The molecule has 5 heteroatoms. The zero-order valence-electron chi connectivity index (χ0n) is 10.8. The Balaban J connectivity index is 2.76. The summed E-state index contributed by atoms with van der Waals surface area (Å²) in [7, 11) is 1.34. The van der Waals surface area contributed by atoms with Crippen molar-refractivity contribution in [1.29, 1.82) is 0 Å². The molecule has 0 spiro atoms. The van der Waals surface area contributed by atoms with E-state index in [2.05, 4.69) is 15.4 Å². The zero-order chi connectivity index (χ0) is 13.5. The van der Waals surface area contributed by atoms with Crippen molar-refractivity contribution in [2.45, 2.75) is 19.9 Å². The third-order valence-electron chi connectivity index (χ3n) is 2.40. The first-order valence-electron chi connectivity index (χ1n) is 5.81. The summed E-state index contributed by atoms with van der Waals surface area (Å²) < 4.78 is 4.62.